The van der Waals surface area contributed by atoms with Gasteiger partial charge in [0.15, 0.2) is 0 Å². The number of oxime groups is 1. The van der Waals surface area contributed by atoms with E-state index in [0.717, 1.165) is 18.1 Å². The third kappa shape index (κ3) is 1.37. The van der Waals surface area contributed by atoms with E-state index < -0.39 is 0 Å². The summed E-state index contributed by atoms with van der Waals surface area (Å²) in [6.45, 7) is 4.37. The molecule has 0 aromatic heterocycles. The van der Waals surface area contributed by atoms with Crippen LogP contribution in [0.5, 0.6) is 0 Å². The fourth-order valence-electron chi connectivity index (χ4n) is 2.97. The lowest BCUT2D eigenvalue weighted by Crippen LogP contribution is -2.36. The van der Waals surface area contributed by atoms with Crippen molar-refractivity contribution in [2.24, 2.45) is 16.5 Å². The maximum atomic E-state index is 8.98. The lowest BCUT2D eigenvalue weighted by molar-refractivity contribution is 0.297. The van der Waals surface area contributed by atoms with Gasteiger partial charge in [0, 0.05) is 5.41 Å². The lowest BCUT2D eigenvalue weighted by atomic mass is 9.63. The number of allylic oxidation sites excluding steroid dienone is 2. The molecule has 2 aliphatic rings. The molecule has 2 aliphatic carbocycles. The second-order valence-electron chi connectivity index (χ2n) is 5.00. The molecular weight excluding hydrogens is 174 g/mol. The van der Waals surface area contributed by atoms with Crippen LogP contribution in [0.1, 0.15) is 46.0 Å². The van der Waals surface area contributed by atoms with Crippen LogP contribution in [-0.2, 0) is 0 Å². The van der Waals surface area contributed by atoms with Crippen molar-refractivity contribution in [2.75, 3.05) is 0 Å². The Balaban J connectivity index is 2.35. The Morgan fingerprint density at radius 1 is 1.43 bits per heavy atom. The number of hydrogen-bond donors (Lipinski definition) is 1. The van der Waals surface area contributed by atoms with E-state index in [1.165, 1.54) is 31.3 Å². The first-order valence-electron chi connectivity index (χ1n) is 5.58. The van der Waals surface area contributed by atoms with Crippen molar-refractivity contribution in [1.29, 1.82) is 0 Å². The number of nitrogens with zero attached hydrogens (tertiary/aromatic N) is 1. The molecule has 0 bridgehead atoms. The number of fused-ring (bicyclic) bond motifs is 1. The highest BCUT2D eigenvalue weighted by Crippen LogP contribution is 2.45. The summed E-state index contributed by atoms with van der Waals surface area (Å²) in [6, 6.07) is 0. The van der Waals surface area contributed by atoms with Gasteiger partial charge in [-0.3, -0.25) is 0 Å². The first kappa shape index (κ1) is 9.75. The van der Waals surface area contributed by atoms with Crippen LogP contribution in [-0.4, -0.2) is 10.9 Å². The molecule has 0 heterocycles. The van der Waals surface area contributed by atoms with Gasteiger partial charge in [-0.2, -0.15) is 0 Å². The molecule has 0 saturated heterocycles. The van der Waals surface area contributed by atoms with Gasteiger partial charge < -0.3 is 5.21 Å². The highest BCUT2D eigenvalue weighted by Gasteiger charge is 2.39. The molecule has 14 heavy (non-hydrogen) atoms. The Labute approximate surface area is 85.7 Å². The largest absolute Gasteiger partial charge is 0.411 e. The molecule has 2 heteroatoms. The Bertz CT molecular complexity index is 289. The highest BCUT2D eigenvalue weighted by atomic mass is 16.4. The van der Waals surface area contributed by atoms with Gasteiger partial charge in [0.1, 0.15) is 0 Å². The van der Waals surface area contributed by atoms with Gasteiger partial charge in [-0.15, -0.1) is 0 Å². The van der Waals surface area contributed by atoms with Crippen LogP contribution in [0.4, 0.5) is 0 Å². The Morgan fingerprint density at radius 3 is 2.93 bits per heavy atom. The topological polar surface area (TPSA) is 32.6 Å². The molecule has 0 aliphatic heterocycles. The Kier molecular flexibility index (Phi) is 2.38. The van der Waals surface area contributed by atoms with Gasteiger partial charge >= 0.3 is 0 Å². The second kappa shape index (κ2) is 3.41. The third-order valence-corrected chi connectivity index (χ3v) is 3.85. The van der Waals surface area contributed by atoms with E-state index in [-0.39, 0.29) is 5.41 Å². The van der Waals surface area contributed by atoms with Gasteiger partial charge in [0.25, 0.3) is 0 Å². The van der Waals surface area contributed by atoms with E-state index in [4.69, 9.17) is 5.21 Å². The normalized spacial score (nSPS) is 33.7. The quantitative estimate of drug-likeness (QED) is 0.357. The zero-order chi connectivity index (χ0) is 10.2. The van der Waals surface area contributed by atoms with Crippen molar-refractivity contribution >= 4 is 5.71 Å². The van der Waals surface area contributed by atoms with Crippen LogP contribution in [0.3, 0.4) is 0 Å². The summed E-state index contributed by atoms with van der Waals surface area (Å²) in [5, 5.41) is 12.4. The molecule has 0 unspecified atom stereocenters. The van der Waals surface area contributed by atoms with Gasteiger partial charge in [-0.25, -0.2) is 0 Å². The van der Waals surface area contributed by atoms with Gasteiger partial charge in [-0.1, -0.05) is 30.7 Å². The minimum absolute atomic E-state index is 0.00190. The van der Waals surface area contributed by atoms with Crippen LogP contribution < -0.4 is 0 Å². The van der Waals surface area contributed by atoms with Crippen LogP contribution in [0.15, 0.2) is 16.8 Å². The van der Waals surface area contributed by atoms with E-state index in [0.29, 0.717) is 0 Å². The summed E-state index contributed by atoms with van der Waals surface area (Å²) in [4.78, 5) is 0. The van der Waals surface area contributed by atoms with E-state index in [1.807, 2.05) is 0 Å². The average molecular weight is 193 g/mol. The molecule has 0 aromatic rings. The minimum atomic E-state index is -0.00190. The van der Waals surface area contributed by atoms with Crippen molar-refractivity contribution in [3.63, 3.8) is 0 Å². The third-order valence-electron chi connectivity index (χ3n) is 3.85. The highest BCUT2D eigenvalue weighted by molar-refractivity contribution is 5.93. The predicted octanol–water partition coefficient (Wildman–Crippen LogP) is 3.36. The summed E-state index contributed by atoms with van der Waals surface area (Å²) < 4.78 is 0. The Hall–Kier alpha value is -0.790. The molecule has 2 nitrogen and oxygen atoms in total. The number of rotatable bonds is 0. The molecule has 0 aromatic carbocycles. The molecule has 1 saturated carbocycles. The molecule has 1 fully saturated rings. The first-order valence-corrected chi connectivity index (χ1v) is 5.58. The smallest absolute Gasteiger partial charge is 0.0667 e. The predicted molar refractivity (Wildman–Crippen MR) is 57.7 cm³/mol. The van der Waals surface area contributed by atoms with Crippen molar-refractivity contribution < 1.29 is 5.21 Å². The summed E-state index contributed by atoms with van der Waals surface area (Å²) >= 11 is 0. The summed E-state index contributed by atoms with van der Waals surface area (Å²) in [6.07, 6.45) is 8.37. The molecular formula is C12H19NO. The maximum Gasteiger partial charge on any atom is 0.0667 e. The molecule has 0 spiro atoms. The Morgan fingerprint density at radius 2 is 2.21 bits per heavy atom. The van der Waals surface area contributed by atoms with Crippen LogP contribution >= 0.6 is 0 Å². The molecule has 1 atom stereocenters. The zero-order valence-corrected chi connectivity index (χ0v) is 9.08. The minimum Gasteiger partial charge on any atom is -0.411 e. The summed E-state index contributed by atoms with van der Waals surface area (Å²) in [5.41, 5.74) is 2.47. The monoisotopic (exact) mass is 193 g/mol. The van der Waals surface area contributed by atoms with E-state index in [1.54, 1.807) is 0 Å². The fourth-order valence-corrected chi connectivity index (χ4v) is 2.97. The second-order valence-corrected chi connectivity index (χ2v) is 5.00. The standard InChI is InChI=1S/C12H19NO/c1-12(2)10-6-4-3-5-9(10)7-8-11(12)13-14/h6,9,14H,3-5,7-8H2,1-2H3/b13-11-/t9-/m1/s1. The molecule has 1 N–H and O–H groups in total. The average Bonchev–Trinajstić information content (AvgIpc) is 2.18. The molecule has 2 rings (SSSR count). The van der Waals surface area contributed by atoms with Crippen molar-refractivity contribution in [3.8, 4) is 0 Å². The van der Waals surface area contributed by atoms with Crippen LogP contribution in [0.2, 0.25) is 0 Å². The van der Waals surface area contributed by atoms with Crippen LogP contribution in [0, 0.1) is 11.3 Å². The van der Waals surface area contributed by atoms with E-state index in [9.17, 15) is 0 Å². The van der Waals surface area contributed by atoms with Crippen molar-refractivity contribution in [1.82, 2.24) is 0 Å². The van der Waals surface area contributed by atoms with Crippen LogP contribution in [0.25, 0.3) is 0 Å². The summed E-state index contributed by atoms with van der Waals surface area (Å²) in [5.74, 6) is 0.754. The lowest BCUT2D eigenvalue weighted by Gasteiger charge is -2.41. The fraction of sp³-hybridized carbons (Fsp3) is 0.750. The maximum absolute atomic E-state index is 8.98. The van der Waals surface area contributed by atoms with Gasteiger partial charge in [0.2, 0.25) is 0 Å². The van der Waals surface area contributed by atoms with Crippen molar-refractivity contribution in [2.45, 2.75) is 46.0 Å². The van der Waals surface area contributed by atoms with Gasteiger partial charge in [-0.05, 0) is 38.0 Å². The molecule has 78 valence electrons. The zero-order valence-electron chi connectivity index (χ0n) is 9.08. The number of hydrogen-bond acceptors (Lipinski definition) is 2. The van der Waals surface area contributed by atoms with E-state index in [2.05, 4.69) is 25.1 Å². The molecule has 0 radical (unpaired) electrons. The summed E-state index contributed by atoms with van der Waals surface area (Å²) in [7, 11) is 0. The van der Waals surface area contributed by atoms with E-state index >= 15 is 0 Å². The SMILES string of the molecule is CC1(C)C2=CCCC[C@@H]2CC/C1=N/O. The first-order chi connectivity index (χ1) is 6.66. The molecule has 0 amide bonds. The van der Waals surface area contributed by atoms with Gasteiger partial charge in [0.05, 0.1) is 5.71 Å². The van der Waals surface area contributed by atoms with Crippen molar-refractivity contribution in [3.05, 3.63) is 11.6 Å².